The average Bonchev–Trinajstić information content (AvgIpc) is 2.30. The van der Waals surface area contributed by atoms with Crippen LogP contribution in [-0.2, 0) is 0 Å². The monoisotopic (exact) mass is 216 g/mol. The Morgan fingerprint density at radius 1 is 1.31 bits per heavy atom. The Kier molecular flexibility index (Phi) is 3.28. The first-order valence-corrected chi connectivity index (χ1v) is 6.06. The molecule has 0 N–H and O–H groups in total. The predicted octanol–water partition coefficient (Wildman–Crippen LogP) is 3.41. The van der Waals surface area contributed by atoms with Crippen molar-refractivity contribution < 1.29 is 0 Å². The van der Waals surface area contributed by atoms with Crippen LogP contribution >= 0.6 is 0 Å². The second kappa shape index (κ2) is 4.69. The summed E-state index contributed by atoms with van der Waals surface area (Å²) in [5, 5.41) is 0. The molecule has 2 heterocycles. The summed E-state index contributed by atoms with van der Waals surface area (Å²) < 4.78 is 0. The quantitative estimate of drug-likeness (QED) is 0.753. The van der Waals surface area contributed by atoms with Crippen LogP contribution in [0.5, 0.6) is 0 Å². The Bertz CT molecular complexity index is 390. The molecule has 1 saturated heterocycles. The Morgan fingerprint density at radius 3 is 2.56 bits per heavy atom. The lowest BCUT2D eigenvalue weighted by atomic mass is 10.1. The van der Waals surface area contributed by atoms with E-state index in [1.54, 1.807) is 0 Å². The van der Waals surface area contributed by atoms with Gasteiger partial charge in [-0.2, -0.15) is 0 Å². The fourth-order valence-corrected chi connectivity index (χ4v) is 2.24. The maximum Gasteiger partial charge on any atom is 0.131 e. The molecule has 1 fully saturated rings. The smallest absolute Gasteiger partial charge is 0.131 e. The van der Waals surface area contributed by atoms with Crippen LogP contribution in [0.15, 0.2) is 18.8 Å². The van der Waals surface area contributed by atoms with Crippen LogP contribution in [0.2, 0.25) is 0 Å². The normalized spacial score (nSPS) is 16.2. The molecule has 1 aliphatic heterocycles. The molecule has 16 heavy (non-hydrogen) atoms. The summed E-state index contributed by atoms with van der Waals surface area (Å²) in [5.74, 6) is 1.16. The summed E-state index contributed by atoms with van der Waals surface area (Å²) in [7, 11) is 0. The lowest BCUT2D eigenvalue weighted by molar-refractivity contribution is 0.572. The highest BCUT2D eigenvalue weighted by Crippen LogP contribution is 2.23. The fourth-order valence-electron chi connectivity index (χ4n) is 2.24. The van der Waals surface area contributed by atoms with Crippen molar-refractivity contribution in [2.45, 2.75) is 33.1 Å². The van der Waals surface area contributed by atoms with Crippen molar-refractivity contribution in [2.75, 3.05) is 18.0 Å². The Morgan fingerprint density at radius 2 is 2.00 bits per heavy atom. The van der Waals surface area contributed by atoms with Gasteiger partial charge >= 0.3 is 0 Å². The van der Waals surface area contributed by atoms with Gasteiger partial charge in [0.05, 0.1) is 0 Å². The summed E-state index contributed by atoms with van der Waals surface area (Å²) in [5.41, 5.74) is 3.50. The molecule has 0 radical (unpaired) electrons. The van der Waals surface area contributed by atoms with E-state index in [0.29, 0.717) is 0 Å². The van der Waals surface area contributed by atoms with Crippen molar-refractivity contribution in [1.29, 1.82) is 0 Å². The number of piperidine rings is 1. The number of hydrogen-bond donors (Lipinski definition) is 0. The Balaban J connectivity index is 2.24. The number of hydrogen-bond acceptors (Lipinski definition) is 2. The number of allylic oxidation sites excluding steroid dienone is 1. The molecule has 0 saturated carbocycles. The summed E-state index contributed by atoms with van der Waals surface area (Å²) in [4.78, 5) is 6.99. The van der Waals surface area contributed by atoms with Gasteiger partial charge in [0, 0.05) is 19.3 Å². The highest BCUT2D eigenvalue weighted by molar-refractivity contribution is 5.63. The van der Waals surface area contributed by atoms with E-state index >= 15 is 0 Å². The average molecular weight is 216 g/mol. The Labute approximate surface area is 98.0 Å². The van der Waals surface area contributed by atoms with Gasteiger partial charge in [-0.1, -0.05) is 6.58 Å². The molecule has 1 aromatic heterocycles. The number of aromatic nitrogens is 1. The van der Waals surface area contributed by atoms with Gasteiger partial charge in [-0.05, 0) is 55.9 Å². The predicted molar refractivity (Wildman–Crippen MR) is 69.7 cm³/mol. The molecule has 0 unspecified atom stereocenters. The molecular weight excluding hydrogens is 196 g/mol. The van der Waals surface area contributed by atoms with Crippen LogP contribution in [0.4, 0.5) is 5.82 Å². The molecule has 2 rings (SSSR count). The largest absolute Gasteiger partial charge is 0.356 e. The number of pyridine rings is 1. The van der Waals surface area contributed by atoms with Gasteiger partial charge in [-0.15, -0.1) is 0 Å². The van der Waals surface area contributed by atoms with E-state index < -0.39 is 0 Å². The van der Waals surface area contributed by atoms with Crippen LogP contribution in [0.1, 0.15) is 37.3 Å². The Hall–Kier alpha value is -1.31. The van der Waals surface area contributed by atoms with Crippen molar-refractivity contribution in [3.05, 3.63) is 30.0 Å². The second-order valence-electron chi connectivity index (χ2n) is 4.69. The van der Waals surface area contributed by atoms with Crippen molar-refractivity contribution >= 4 is 11.4 Å². The zero-order chi connectivity index (χ0) is 11.5. The van der Waals surface area contributed by atoms with E-state index in [2.05, 4.69) is 29.5 Å². The summed E-state index contributed by atoms with van der Waals surface area (Å²) in [6.07, 6.45) is 5.89. The number of rotatable bonds is 2. The summed E-state index contributed by atoms with van der Waals surface area (Å²) in [6.45, 7) is 10.4. The van der Waals surface area contributed by atoms with Gasteiger partial charge in [0.1, 0.15) is 5.82 Å². The third-order valence-corrected chi connectivity index (χ3v) is 3.20. The molecule has 0 aromatic carbocycles. The second-order valence-corrected chi connectivity index (χ2v) is 4.69. The van der Waals surface area contributed by atoms with E-state index in [9.17, 15) is 0 Å². The minimum Gasteiger partial charge on any atom is -0.356 e. The van der Waals surface area contributed by atoms with E-state index in [4.69, 9.17) is 0 Å². The van der Waals surface area contributed by atoms with Crippen molar-refractivity contribution in [2.24, 2.45) is 0 Å². The lowest BCUT2D eigenvalue weighted by Gasteiger charge is -2.29. The van der Waals surface area contributed by atoms with Crippen molar-refractivity contribution in [3.8, 4) is 0 Å². The third-order valence-electron chi connectivity index (χ3n) is 3.20. The molecule has 0 bridgehead atoms. The first-order valence-electron chi connectivity index (χ1n) is 6.06. The topological polar surface area (TPSA) is 16.1 Å². The van der Waals surface area contributed by atoms with Crippen LogP contribution in [0, 0.1) is 6.92 Å². The van der Waals surface area contributed by atoms with Gasteiger partial charge in [0.15, 0.2) is 0 Å². The number of nitrogens with zero attached hydrogens (tertiary/aromatic N) is 2. The van der Waals surface area contributed by atoms with Gasteiger partial charge in [0.2, 0.25) is 0 Å². The zero-order valence-electron chi connectivity index (χ0n) is 10.3. The van der Waals surface area contributed by atoms with Crippen molar-refractivity contribution in [3.63, 3.8) is 0 Å². The standard InChI is InChI=1S/C14H20N2/c1-11(2)13-9-12(3)14(15-10-13)16-7-5-4-6-8-16/h9-10H,1,4-8H2,2-3H3. The van der Waals surface area contributed by atoms with E-state index in [-0.39, 0.29) is 0 Å². The third kappa shape index (κ3) is 2.26. The molecule has 0 aliphatic carbocycles. The van der Waals surface area contributed by atoms with Crippen molar-refractivity contribution in [1.82, 2.24) is 4.98 Å². The highest BCUT2D eigenvalue weighted by atomic mass is 15.2. The minimum atomic E-state index is 1.08. The summed E-state index contributed by atoms with van der Waals surface area (Å²) in [6, 6.07) is 2.19. The molecule has 0 atom stereocenters. The molecule has 2 heteroatoms. The first kappa shape index (κ1) is 11.2. The van der Waals surface area contributed by atoms with Crippen LogP contribution in [0.25, 0.3) is 5.57 Å². The van der Waals surface area contributed by atoms with Gasteiger partial charge < -0.3 is 4.90 Å². The fraction of sp³-hybridized carbons (Fsp3) is 0.500. The van der Waals surface area contributed by atoms with Gasteiger partial charge in [0.25, 0.3) is 0 Å². The molecule has 0 spiro atoms. The SMILES string of the molecule is C=C(C)c1cnc(N2CCCCC2)c(C)c1. The lowest BCUT2D eigenvalue weighted by Crippen LogP contribution is -2.30. The highest BCUT2D eigenvalue weighted by Gasteiger charge is 2.14. The molecule has 0 amide bonds. The van der Waals surface area contributed by atoms with Gasteiger partial charge in [-0.25, -0.2) is 4.98 Å². The summed E-state index contributed by atoms with van der Waals surface area (Å²) >= 11 is 0. The van der Waals surface area contributed by atoms with E-state index in [1.165, 1.54) is 24.8 Å². The molecule has 1 aromatic rings. The maximum absolute atomic E-state index is 4.59. The van der Waals surface area contributed by atoms with E-state index in [0.717, 1.165) is 30.0 Å². The first-order chi connectivity index (χ1) is 7.68. The van der Waals surface area contributed by atoms with Crippen LogP contribution in [0.3, 0.4) is 0 Å². The van der Waals surface area contributed by atoms with E-state index in [1.807, 2.05) is 13.1 Å². The number of aryl methyl sites for hydroxylation is 1. The molecule has 2 nitrogen and oxygen atoms in total. The minimum absolute atomic E-state index is 1.08. The zero-order valence-corrected chi connectivity index (χ0v) is 10.3. The van der Waals surface area contributed by atoms with Gasteiger partial charge in [-0.3, -0.25) is 0 Å². The number of anilines is 1. The molecule has 1 aliphatic rings. The maximum atomic E-state index is 4.59. The van der Waals surface area contributed by atoms with Crippen LogP contribution in [-0.4, -0.2) is 18.1 Å². The molecular formula is C14H20N2. The molecule has 86 valence electrons. The van der Waals surface area contributed by atoms with Crippen LogP contribution < -0.4 is 4.90 Å².